The molecule has 3 heterocycles. The molecule has 0 saturated heterocycles. The highest BCUT2D eigenvalue weighted by Gasteiger charge is 2.36. The van der Waals surface area contributed by atoms with Gasteiger partial charge in [0, 0.05) is 31.3 Å². The van der Waals surface area contributed by atoms with E-state index >= 15 is 0 Å². The standard InChI is InChI=1S/C37H44N2O6/c1-7-24-19-32(41-4)33-21-27(24)28(38-2)16-22-8-11-26(12-9-22)44-31-18-23(10-13-30(31)40)17-29-35-25(14-15-39(29)3)20-34(42-5)36(43-6)37(35)45-33/h8-13,18-21,28-29,32-33,38,40H,7,14-17H2,1-6H3. The van der Waals surface area contributed by atoms with Crippen LogP contribution in [0.3, 0.4) is 0 Å². The topological polar surface area (TPSA) is 81.7 Å². The summed E-state index contributed by atoms with van der Waals surface area (Å²) in [5, 5.41) is 14.3. The molecule has 8 nitrogen and oxygen atoms in total. The number of rotatable bonds is 5. The molecular formula is C37H44N2O6. The largest absolute Gasteiger partial charge is 0.504 e. The molecule has 8 heteroatoms. The van der Waals surface area contributed by atoms with Crippen molar-refractivity contribution in [1.29, 1.82) is 0 Å². The van der Waals surface area contributed by atoms with Crippen molar-refractivity contribution >= 4 is 0 Å². The van der Waals surface area contributed by atoms with E-state index in [1.54, 1.807) is 27.4 Å². The number of nitrogens with zero attached hydrogens (tertiary/aromatic N) is 1. The Bertz CT molecular complexity index is 1600. The third-order valence-electron chi connectivity index (χ3n) is 9.43. The third-order valence-corrected chi connectivity index (χ3v) is 9.43. The Kier molecular flexibility index (Phi) is 9.08. The van der Waals surface area contributed by atoms with Crippen LogP contribution < -0.4 is 24.3 Å². The number of benzene rings is 3. The number of methoxy groups -OCH3 is 3. The van der Waals surface area contributed by atoms with E-state index in [0.717, 1.165) is 42.5 Å². The molecule has 7 rings (SSSR count). The monoisotopic (exact) mass is 612 g/mol. The summed E-state index contributed by atoms with van der Waals surface area (Å²) in [5.74, 6) is 3.09. The SMILES string of the molecule is CCC1=CC(OC)C2C=C1C(NC)Cc1ccc(cc1)Oc1cc(ccc1O)CC1c3c(cc(OC)c(OC)c3O2)CCN1C. The second-order valence-corrected chi connectivity index (χ2v) is 12.0. The van der Waals surface area contributed by atoms with Crippen LogP contribution in [-0.2, 0) is 24.0 Å². The lowest BCUT2D eigenvalue weighted by molar-refractivity contribution is 0.0495. The summed E-state index contributed by atoms with van der Waals surface area (Å²) in [4.78, 5) is 2.35. The molecule has 45 heavy (non-hydrogen) atoms. The van der Waals surface area contributed by atoms with Crippen molar-refractivity contribution < 1.29 is 28.8 Å². The summed E-state index contributed by atoms with van der Waals surface area (Å²) < 4.78 is 31.2. The number of fused-ring (bicyclic) bond motifs is 3. The van der Waals surface area contributed by atoms with Gasteiger partial charge in [-0.1, -0.05) is 25.1 Å². The molecule has 3 aromatic carbocycles. The average molecular weight is 613 g/mol. The highest BCUT2D eigenvalue weighted by Crippen LogP contribution is 2.49. The summed E-state index contributed by atoms with van der Waals surface area (Å²) in [6.45, 7) is 3.05. The van der Waals surface area contributed by atoms with Gasteiger partial charge >= 0.3 is 0 Å². The van der Waals surface area contributed by atoms with Gasteiger partial charge in [0.15, 0.2) is 23.0 Å². The van der Waals surface area contributed by atoms with Crippen LogP contribution in [0.5, 0.6) is 34.5 Å². The van der Waals surface area contributed by atoms with Gasteiger partial charge in [-0.2, -0.15) is 0 Å². The quantitative estimate of drug-likeness (QED) is 0.355. The van der Waals surface area contributed by atoms with Crippen molar-refractivity contribution in [3.8, 4) is 34.5 Å². The van der Waals surface area contributed by atoms with E-state index in [-0.39, 0.29) is 23.9 Å². The Morgan fingerprint density at radius 1 is 0.978 bits per heavy atom. The molecule has 0 amide bonds. The Labute approximate surface area is 266 Å². The second-order valence-electron chi connectivity index (χ2n) is 12.0. The molecule has 0 radical (unpaired) electrons. The van der Waals surface area contributed by atoms with Crippen molar-refractivity contribution in [2.75, 3.05) is 42.0 Å². The number of phenols is 1. The zero-order chi connectivity index (χ0) is 31.7. The third kappa shape index (κ3) is 6.02. The second kappa shape index (κ2) is 13.2. The van der Waals surface area contributed by atoms with Gasteiger partial charge in [0.1, 0.15) is 18.0 Å². The molecule has 0 spiro atoms. The summed E-state index contributed by atoms with van der Waals surface area (Å²) in [7, 11) is 9.20. The Morgan fingerprint density at radius 2 is 1.76 bits per heavy atom. The Balaban J connectivity index is 1.57. The summed E-state index contributed by atoms with van der Waals surface area (Å²) in [6, 6.07) is 15.8. The molecule has 3 aliphatic heterocycles. The minimum Gasteiger partial charge on any atom is -0.504 e. The molecule has 6 bridgehead atoms. The van der Waals surface area contributed by atoms with Gasteiger partial charge in [0.2, 0.25) is 5.75 Å². The minimum absolute atomic E-state index is 0.0287. The summed E-state index contributed by atoms with van der Waals surface area (Å²) in [6.07, 6.45) is 6.92. The molecule has 0 fully saturated rings. The number of aromatic hydroxyl groups is 1. The molecular weight excluding hydrogens is 568 g/mol. The molecule has 2 N–H and O–H groups in total. The van der Waals surface area contributed by atoms with Gasteiger partial charge in [-0.05, 0) is 110 Å². The van der Waals surface area contributed by atoms with E-state index < -0.39 is 6.10 Å². The predicted octanol–water partition coefficient (Wildman–Crippen LogP) is 6.16. The van der Waals surface area contributed by atoms with Crippen LogP contribution in [0.1, 0.15) is 41.6 Å². The smallest absolute Gasteiger partial charge is 0.203 e. The fraction of sp³-hybridized carbons (Fsp3) is 0.405. The van der Waals surface area contributed by atoms with Gasteiger partial charge in [0.25, 0.3) is 0 Å². The molecule has 4 atom stereocenters. The van der Waals surface area contributed by atoms with E-state index in [1.165, 1.54) is 16.7 Å². The first-order chi connectivity index (χ1) is 21.9. The van der Waals surface area contributed by atoms with Crippen molar-refractivity contribution in [2.45, 2.75) is 56.9 Å². The maximum atomic E-state index is 10.7. The summed E-state index contributed by atoms with van der Waals surface area (Å²) >= 11 is 0. The number of ether oxygens (including phenoxy) is 5. The van der Waals surface area contributed by atoms with Crippen molar-refractivity contribution in [1.82, 2.24) is 10.2 Å². The van der Waals surface area contributed by atoms with E-state index in [4.69, 9.17) is 23.7 Å². The van der Waals surface area contributed by atoms with Gasteiger partial charge < -0.3 is 34.1 Å². The van der Waals surface area contributed by atoms with Gasteiger partial charge in [-0.25, -0.2) is 0 Å². The molecule has 0 saturated carbocycles. The zero-order valence-corrected chi connectivity index (χ0v) is 27.1. The first-order valence-electron chi connectivity index (χ1n) is 15.7. The maximum Gasteiger partial charge on any atom is 0.203 e. The fourth-order valence-corrected chi connectivity index (χ4v) is 6.93. The van der Waals surface area contributed by atoms with E-state index in [2.05, 4.69) is 54.5 Å². The molecule has 3 aromatic rings. The van der Waals surface area contributed by atoms with Gasteiger partial charge in [0.05, 0.1) is 14.2 Å². The van der Waals surface area contributed by atoms with Crippen LogP contribution in [0.15, 0.2) is 71.8 Å². The number of nitrogens with one attached hydrogen (secondary N) is 1. The predicted molar refractivity (Wildman–Crippen MR) is 175 cm³/mol. The van der Waals surface area contributed by atoms with Crippen molar-refractivity contribution in [2.24, 2.45) is 0 Å². The van der Waals surface area contributed by atoms with E-state index in [9.17, 15) is 5.11 Å². The number of likely N-dealkylation sites (N-methyl/N-ethyl adjacent to an activating group) is 2. The van der Waals surface area contributed by atoms with Crippen LogP contribution in [0, 0.1) is 0 Å². The molecule has 1 aliphatic carbocycles. The lowest BCUT2D eigenvalue weighted by atomic mass is 9.85. The molecule has 238 valence electrons. The van der Waals surface area contributed by atoms with Gasteiger partial charge in [-0.3, -0.25) is 4.90 Å². The minimum atomic E-state index is -0.399. The Hall–Kier alpha value is -3.98. The van der Waals surface area contributed by atoms with E-state index in [0.29, 0.717) is 35.2 Å². The zero-order valence-electron chi connectivity index (χ0n) is 27.1. The summed E-state index contributed by atoms with van der Waals surface area (Å²) in [5.41, 5.74) is 6.88. The number of hydrogen-bond acceptors (Lipinski definition) is 8. The van der Waals surface area contributed by atoms with Crippen molar-refractivity contribution in [3.05, 3.63) is 94.1 Å². The lowest BCUT2D eigenvalue weighted by Gasteiger charge is -2.38. The number of phenolic OH excluding ortho intramolecular Hbond substituents is 1. The van der Waals surface area contributed by atoms with Crippen LogP contribution in [-0.4, -0.2) is 70.2 Å². The first kappa shape index (κ1) is 31.0. The van der Waals surface area contributed by atoms with Crippen LogP contribution >= 0.6 is 0 Å². The first-order valence-corrected chi connectivity index (χ1v) is 15.7. The Morgan fingerprint density at radius 3 is 2.44 bits per heavy atom. The maximum absolute atomic E-state index is 10.7. The normalized spacial score (nSPS) is 23.0. The fourth-order valence-electron chi connectivity index (χ4n) is 6.93. The van der Waals surface area contributed by atoms with Gasteiger partial charge in [-0.15, -0.1) is 0 Å². The number of hydrogen-bond donors (Lipinski definition) is 2. The average Bonchev–Trinajstić information content (AvgIpc) is 3.06. The lowest BCUT2D eigenvalue weighted by Crippen LogP contribution is -2.39. The molecule has 0 aromatic heterocycles. The highest BCUT2D eigenvalue weighted by atomic mass is 16.6. The van der Waals surface area contributed by atoms with Crippen LogP contribution in [0.4, 0.5) is 0 Å². The highest BCUT2D eigenvalue weighted by molar-refractivity contribution is 5.62. The molecule has 4 aliphatic rings. The van der Waals surface area contributed by atoms with E-state index in [1.807, 2.05) is 31.3 Å². The van der Waals surface area contributed by atoms with Crippen LogP contribution in [0.25, 0.3) is 0 Å². The van der Waals surface area contributed by atoms with Crippen molar-refractivity contribution in [3.63, 3.8) is 0 Å². The van der Waals surface area contributed by atoms with Crippen LogP contribution in [0.2, 0.25) is 0 Å². The molecule has 4 unspecified atom stereocenters.